The highest BCUT2D eigenvalue weighted by molar-refractivity contribution is 9.11. The molecule has 0 aromatic carbocycles. The maximum absolute atomic E-state index is 6.20. The fourth-order valence-corrected chi connectivity index (χ4v) is 2.22. The van der Waals surface area contributed by atoms with Crippen molar-refractivity contribution in [2.24, 2.45) is 11.0 Å². The Morgan fingerprint density at radius 2 is 2.11 bits per heavy atom. The number of nitrogens with zero attached hydrogens (tertiary/aromatic N) is 2. The van der Waals surface area contributed by atoms with Gasteiger partial charge in [-0.3, -0.25) is 0 Å². The zero-order chi connectivity index (χ0) is 14.3. The summed E-state index contributed by atoms with van der Waals surface area (Å²) in [5.41, 5.74) is 2.17. The fraction of sp³-hybridized carbons (Fsp3) is 0.385. The molecule has 0 N–H and O–H groups in total. The van der Waals surface area contributed by atoms with E-state index in [4.69, 9.17) is 11.6 Å². The van der Waals surface area contributed by atoms with Crippen LogP contribution >= 0.6 is 43.5 Å². The van der Waals surface area contributed by atoms with Gasteiger partial charge in [0.15, 0.2) is 7.05 Å². The highest BCUT2D eigenvalue weighted by Gasteiger charge is 2.29. The van der Waals surface area contributed by atoms with Crippen molar-refractivity contribution in [1.29, 1.82) is 0 Å². The third-order valence-electron chi connectivity index (χ3n) is 2.36. The molecule has 0 aromatic heterocycles. The number of halogens is 3. The van der Waals surface area contributed by atoms with Crippen LogP contribution < -0.4 is 0 Å². The standard InChI is InChI=1S/C11H14Br2ClN2.C2H4/c1-7(13)4-5-9-8(2)11(14)16(3)15-10(9)6-12;1-2/h4-5,8H,6H2,1-3H3;1-2H2/q+1;/b7-4+,9-5+;. The Morgan fingerprint density at radius 3 is 2.56 bits per heavy atom. The van der Waals surface area contributed by atoms with Gasteiger partial charge in [0.2, 0.25) is 0 Å². The lowest BCUT2D eigenvalue weighted by atomic mass is 9.96. The molecule has 0 bridgehead atoms. The summed E-state index contributed by atoms with van der Waals surface area (Å²) in [4.78, 5) is 0. The molecule has 18 heavy (non-hydrogen) atoms. The maximum Gasteiger partial charge on any atom is 0.283 e. The van der Waals surface area contributed by atoms with Crippen molar-refractivity contribution in [2.75, 3.05) is 12.4 Å². The van der Waals surface area contributed by atoms with Crippen LogP contribution in [0.1, 0.15) is 13.8 Å². The second-order valence-electron chi connectivity index (χ2n) is 3.62. The third kappa shape index (κ3) is 4.82. The van der Waals surface area contributed by atoms with Gasteiger partial charge in [-0.15, -0.1) is 13.2 Å². The minimum atomic E-state index is 0.180. The summed E-state index contributed by atoms with van der Waals surface area (Å²) in [6.45, 7) is 10.1. The number of hydrogen-bond donors (Lipinski definition) is 0. The molecule has 0 amide bonds. The maximum atomic E-state index is 6.20. The average Bonchev–Trinajstić information content (AvgIpc) is 2.36. The van der Waals surface area contributed by atoms with Gasteiger partial charge < -0.3 is 0 Å². The van der Waals surface area contributed by atoms with Crippen molar-refractivity contribution in [3.8, 4) is 0 Å². The first-order valence-electron chi connectivity index (χ1n) is 5.41. The number of hydrogen-bond acceptors (Lipinski definition) is 1. The van der Waals surface area contributed by atoms with Crippen LogP contribution in [0.5, 0.6) is 0 Å². The summed E-state index contributed by atoms with van der Waals surface area (Å²) in [7, 11) is 1.86. The van der Waals surface area contributed by atoms with Crippen molar-refractivity contribution in [1.82, 2.24) is 0 Å². The summed E-state index contributed by atoms with van der Waals surface area (Å²) < 4.78 is 2.81. The molecule has 1 aliphatic heterocycles. The smallest absolute Gasteiger partial charge is 0.106 e. The summed E-state index contributed by atoms with van der Waals surface area (Å²) in [5, 5.41) is 5.89. The second-order valence-corrected chi connectivity index (χ2v) is 5.82. The zero-order valence-corrected chi connectivity index (χ0v) is 14.8. The van der Waals surface area contributed by atoms with E-state index in [9.17, 15) is 0 Å². The average molecular weight is 398 g/mol. The lowest BCUT2D eigenvalue weighted by Gasteiger charge is -2.16. The van der Waals surface area contributed by atoms with E-state index in [-0.39, 0.29) is 5.92 Å². The number of alkyl halides is 1. The van der Waals surface area contributed by atoms with Gasteiger partial charge in [-0.2, -0.15) is 0 Å². The van der Waals surface area contributed by atoms with Crippen LogP contribution in [-0.4, -0.2) is 27.9 Å². The molecule has 2 nitrogen and oxygen atoms in total. The molecule has 1 rings (SSSR count). The molecule has 0 saturated heterocycles. The lowest BCUT2D eigenvalue weighted by molar-refractivity contribution is -0.503. The second kappa shape index (κ2) is 8.83. The molecule has 0 aromatic rings. The largest absolute Gasteiger partial charge is 0.283 e. The Balaban J connectivity index is 0.00000137. The van der Waals surface area contributed by atoms with Crippen LogP contribution in [0.15, 0.2) is 40.5 Å². The first kappa shape index (κ1) is 17.8. The van der Waals surface area contributed by atoms with Gasteiger partial charge in [0.25, 0.3) is 5.17 Å². The molecule has 0 spiro atoms. The molecule has 5 heteroatoms. The predicted molar refractivity (Wildman–Crippen MR) is 89.5 cm³/mol. The van der Waals surface area contributed by atoms with E-state index in [1.165, 1.54) is 0 Å². The highest BCUT2D eigenvalue weighted by Crippen LogP contribution is 2.22. The van der Waals surface area contributed by atoms with E-state index in [0.717, 1.165) is 26.3 Å². The summed E-state index contributed by atoms with van der Waals surface area (Å²) in [6, 6.07) is 0. The Hall–Kier alpha value is -0.190. The van der Waals surface area contributed by atoms with Crippen LogP contribution in [0.25, 0.3) is 0 Å². The molecule has 0 saturated carbocycles. The van der Waals surface area contributed by atoms with E-state index >= 15 is 0 Å². The minimum Gasteiger partial charge on any atom is -0.106 e. The van der Waals surface area contributed by atoms with E-state index in [0.29, 0.717) is 0 Å². The predicted octanol–water partition coefficient (Wildman–Crippen LogP) is 4.69. The van der Waals surface area contributed by atoms with Crippen LogP contribution in [-0.2, 0) is 0 Å². The fourth-order valence-electron chi connectivity index (χ4n) is 1.49. The molecule has 1 unspecified atom stereocenters. The zero-order valence-electron chi connectivity index (χ0n) is 10.9. The van der Waals surface area contributed by atoms with Gasteiger partial charge in [-0.25, -0.2) is 0 Å². The van der Waals surface area contributed by atoms with Crippen LogP contribution in [0.4, 0.5) is 0 Å². The summed E-state index contributed by atoms with van der Waals surface area (Å²) in [5.74, 6) is 0.180. The molecule has 1 atom stereocenters. The van der Waals surface area contributed by atoms with Gasteiger partial charge in [-0.1, -0.05) is 48.7 Å². The van der Waals surface area contributed by atoms with Gasteiger partial charge in [-0.05, 0) is 40.6 Å². The third-order valence-corrected chi connectivity index (χ3v) is 3.72. The van der Waals surface area contributed by atoms with E-state index < -0.39 is 0 Å². The summed E-state index contributed by atoms with van der Waals surface area (Å²) in [6.07, 6.45) is 4.07. The molecular formula is C13H18Br2ClN2+. The Bertz CT molecular complexity index is 419. The summed E-state index contributed by atoms with van der Waals surface area (Å²) >= 11 is 13.1. The molecule has 0 aliphatic carbocycles. The SMILES string of the molecule is C/C(Br)=C\C=C1\C(CBr)=N[N+](C)=C(Cl)C1C.C=C. The van der Waals surface area contributed by atoms with Gasteiger partial charge in [0.1, 0.15) is 5.71 Å². The molecular weight excluding hydrogens is 379 g/mol. The first-order valence-corrected chi connectivity index (χ1v) is 7.70. The highest BCUT2D eigenvalue weighted by atomic mass is 79.9. The monoisotopic (exact) mass is 395 g/mol. The van der Waals surface area contributed by atoms with Crippen molar-refractivity contribution < 1.29 is 4.68 Å². The molecule has 0 radical (unpaired) electrons. The Labute approximate surface area is 131 Å². The molecule has 100 valence electrons. The van der Waals surface area contributed by atoms with E-state index in [1.807, 2.05) is 20.0 Å². The molecule has 1 heterocycles. The topological polar surface area (TPSA) is 15.4 Å². The molecule has 1 aliphatic rings. The lowest BCUT2D eigenvalue weighted by Crippen LogP contribution is -2.28. The van der Waals surface area contributed by atoms with Crippen LogP contribution in [0.3, 0.4) is 0 Å². The normalized spacial score (nSPS) is 22.6. The quantitative estimate of drug-likeness (QED) is 0.365. The van der Waals surface area contributed by atoms with Crippen LogP contribution in [0.2, 0.25) is 0 Å². The van der Waals surface area contributed by atoms with E-state index in [1.54, 1.807) is 4.68 Å². The Kier molecular flexibility index (Phi) is 8.74. The number of allylic oxidation sites excluding steroid dienone is 4. The van der Waals surface area contributed by atoms with Gasteiger partial charge in [0, 0.05) is 0 Å². The Morgan fingerprint density at radius 1 is 1.56 bits per heavy atom. The van der Waals surface area contributed by atoms with Gasteiger partial charge >= 0.3 is 0 Å². The first-order chi connectivity index (χ1) is 8.47. The number of hydrazone groups is 1. The van der Waals surface area contributed by atoms with Crippen molar-refractivity contribution in [3.05, 3.63) is 35.4 Å². The number of rotatable bonds is 2. The van der Waals surface area contributed by atoms with Crippen molar-refractivity contribution in [2.45, 2.75) is 13.8 Å². The molecule has 0 fully saturated rings. The van der Waals surface area contributed by atoms with Crippen molar-refractivity contribution >= 4 is 54.3 Å². The van der Waals surface area contributed by atoms with Crippen LogP contribution in [0, 0.1) is 5.92 Å². The van der Waals surface area contributed by atoms with Gasteiger partial charge in [0.05, 0.1) is 11.2 Å². The van der Waals surface area contributed by atoms with E-state index in [2.05, 4.69) is 63.1 Å². The van der Waals surface area contributed by atoms with Crippen molar-refractivity contribution in [3.63, 3.8) is 0 Å². The minimum absolute atomic E-state index is 0.180.